The van der Waals surface area contributed by atoms with Crippen molar-refractivity contribution in [1.82, 2.24) is 19.1 Å². The smallest absolute Gasteiger partial charge is 0.332 e. The van der Waals surface area contributed by atoms with Crippen LogP contribution in [0.2, 0.25) is 0 Å². The van der Waals surface area contributed by atoms with Gasteiger partial charge in [0, 0.05) is 5.56 Å². The van der Waals surface area contributed by atoms with Crippen LogP contribution in [0.15, 0.2) is 33.9 Å². The molecule has 0 fully saturated rings. The summed E-state index contributed by atoms with van der Waals surface area (Å²) in [4.78, 5) is 57.8. The molecule has 2 aromatic heterocycles. The number of ether oxygens (including phenoxy) is 3. The van der Waals surface area contributed by atoms with Gasteiger partial charge in [-0.1, -0.05) is 12.0 Å². The molecule has 2 heterocycles. The number of H-pyrrole nitrogens is 1. The minimum absolute atomic E-state index is 0.00761. The van der Waals surface area contributed by atoms with Crippen molar-refractivity contribution in [2.45, 2.75) is 60.9 Å². The third-order valence-corrected chi connectivity index (χ3v) is 5.59. The number of rotatable bonds is 6. The summed E-state index contributed by atoms with van der Waals surface area (Å²) < 4.78 is 18.6. The van der Waals surface area contributed by atoms with Crippen molar-refractivity contribution < 1.29 is 23.8 Å². The summed E-state index contributed by atoms with van der Waals surface area (Å²) in [5.74, 6) is 7.72. The maximum Gasteiger partial charge on any atom is 0.332 e. The number of nitrogens with zero attached hydrogens (tertiary/aromatic N) is 3. The van der Waals surface area contributed by atoms with Crippen molar-refractivity contribution >= 4 is 23.1 Å². The lowest BCUT2D eigenvalue weighted by molar-refractivity contribution is -0.163. The molecule has 11 heteroatoms. The summed E-state index contributed by atoms with van der Waals surface area (Å²) in [7, 11) is 1.53. The number of aromatic nitrogens is 4. The Labute approximate surface area is 231 Å². The van der Waals surface area contributed by atoms with Crippen LogP contribution >= 0.6 is 0 Å². The monoisotopic (exact) mass is 548 g/mol. The van der Waals surface area contributed by atoms with Crippen molar-refractivity contribution in [1.29, 1.82) is 0 Å². The Morgan fingerprint density at radius 3 is 2.35 bits per heavy atom. The number of terminal acetylenes is 1. The van der Waals surface area contributed by atoms with Gasteiger partial charge >= 0.3 is 17.6 Å². The maximum atomic E-state index is 13.1. The Balaban J connectivity index is 2.29. The number of nitrogens with one attached hydrogen (secondary N) is 1. The average molecular weight is 549 g/mol. The van der Waals surface area contributed by atoms with Gasteiger partial charge in [-0.25, -0.2) is 14.3 Å². The molecular weight excluding hydrogens is 516 g/mol. The molecule has 0 amide bonds. The van der Waals surface area contributed by atoms with E-state index in [1.54, 1.807) is 65.8 Å². The first-order valence-corrected chi connectivity index (χ1v) is 12.4. The molecule has 0 saturated heterocycles. The van der Waals surface area contributed by atoms with Crippen LogP contribution in [0.4, 0.5) is 0 Å². The number of imidazole rings is 1. The highest BCUT2D eigenvalue weighted by atomic mass is 16.6. The van der Waals surface area contributed by atoms with Crippen LogP contribution in [0.1, 0.15) is 65.6 Å². The largest absolute Gasteiger partial charge is 0.497 e. The zero-order chi connectivity index (χ0) is 29.8. The predicted octanol–water partition coefficient (Wildman–Crippen LogP) is 2.95. The number of esters is 2. The molecule has 0 aliphatic carbocycles. The topological polar surface area (TPSA) is 135 Å². The molecule has 40 heavy (non-hydrogen) atoms. The van der Waals surface area contributed by atoms with E-state index < -0.39 is 47.0 Å². The summed E-state index contributed by atoms with van der Waals surface area (Å²) >= 11 is 0. The van der Waals surface area contributed by atoms with Crippen LogP contribution in [-0.2, 0) is 25.8 Å². The van der Waals surface area contributed by atoms with E-state index in [0.717, 1.165) is 4.57 Å². The lowest BCUT2D eigenvalue weighted by atomic mass is 9.97. The molecule has 3 aromatic rings. The molecule has 210 valence electrons. The number of carbonyl (C=O) groups excluding carboxylic acids is 2. The molecule has 0 spiro atoms. The Morgan fingerprint density at radius 2 is 1.75 bits per heavy atom. The lowest BCUT2D eigenvalue weighted by Gasteiger charge is -2.24. The fourth-order valence-corrected chi connectivity index (χ4v) is 3.38. The Morgan fingerprint density at radius 1 is 1.07 bits per heavy atom. The van der Waals surface area contributed by atoms with Gasteiger partial charge in [-0.2, -0.15) is 0 Å². The number of hydrogen-bond donors (Lipinski definition) is 1. The van der Waals surface area contributed by atoms with Gasteiger partial charge in [0.25, 0.3) is 5.56 Å². The number of carbonyl (C=O) groups is 2. The first kappa shape index (κ1) is 29.8. The molecular formula is C29H32N4O7. The summed E-state index contributed by atoms with van der Waals surface area (Å²) in [5.41, 5.74) is -3.07. The third kappa shape index (κ3) is 6.62. The van der Waals surface area contributed by atoms with Crippen LogP contribution in [0.3, 0.4) is 0 Å². The highest BCUT2D eigenvalue weighted by molar-refractivity contribution is 5.77. The van der Waals surface area contributed by atoms with Crippen LogP contribution in [0, 0.1) is 35.0 Å². The van der Waals surface area contributed by atoms with Gasteiger partial charge in [0.2, 0.25) is 0 Å². The number of methoxy groups -OCH3 is 1. The molecule has 0 aliphatic rings. The maximum absolute atomic E-state index is 13.1. The molecule has 11 nitrogen and oxygen atoms in total. The first-order chi connectivity index (χ1) is 18.7. The van der Waals surface area contributed by atoms with Crippen LogP contribution in [0.5, 0.6) is 5.75 Å². The third-order valence-electron chi connectivity index (χ3n) is 5.59. The fourth-order valence-electron chi connectivity index (χ4n) is 3.38. The second-order valence-corrected chi connectivity index (χ2v) is 11.0. The second kappa shape index (κ2) is 11.5. The van der Waals surface area contributed by atoms with Crippen LogP contribution in [-0.4, -0.2) is 38.2 Å². The summed E-state index contributed by atoms with van der Waals surface area (Å²) in [6, 6.07) is 6.96. The van der Waals surface area contributed by atoms with Crippen LogP contribution < -0.4 is 16.0 Å². The summed E-state index contributed by atoms with van der Waals surface area (Å²) in [5, 5.41) is 0. The van der Waals surface area contributed by atoms with Gasteiger partial charge in [-0.15, -0.1) is 12.3 Å². The van der Waals surface area contributed by atoms with Crippen molar-refractivity contribution in [2.75, 3.05) is 7.11 Å². The van der Waals surface area contributed by atoms with E-state index in [2.05, 4.69) is 27.7 Å². The van der Waals surface area contributed by atoms with E-state index in [9.17, 15) is 19.2 Å². The molecule has 1 unspecified atom stereocenters. The van der Waals surface area contributed by atoms with Gasteiger partial charge in [0.15, 0.2) is 29.9 Å². The van der Waals surface area contributed by atoms with Gasteiger partial charge in [0.05, 0.1) is 24.4 Å². The van der Waals surface area contributed by atoms with Gasteiger partial charge in [-0.05, 0) is 65.7 Å². The lowest BCUT2D eigenvalue weighted by Crippen LogP contribution is -2.34. The molecule has 0 bridgehead atoms. The van der Waals surface area contributed by atoms with Crippen LogP contribution in [0.25, 0.3) is 11.2 Å². The van der Waals surface area contributed by atoms with Gasteiger partial charge in [0.1, 0.15) is 5.75 Å². The SMILES string of the molecule is C#CCC(OC(=O)C(C)(C)C)n1c(C#Cc2cccc(OC)c2)nc2c1c(=O)[nH]c(=O)n2COC(=O)C(C)(C)C. The van der Waals surface area contributed by atoms with E-state index in [0.29, 0.717) is 11.3 Å². The standard InChI is InChI=1S/C29H32N4O7/c1-9-11-21(40-26(36)29(5,6)7)33-20(15-14-18-12-10-13-19(16-18)38-8)30-23-22(33)24(34)31-27(37)32(23)17-39-25(35)28(2,3)4/h1,10,12-13,16,21H,11,17H2,2-8H3,(H,31,34,37). The van der Waals surface area contributed by atoms with Crippen molar-refractivity contribution in [3.8, 4) is 29.9 Å². The highest BCUT2D eigenvalue weighted by Gasteiger charge is 2.31. The zero-order valence-electron chi connectivity index (χ0n) is 23.6. The number of aromatic amines is 1. The quantitative estimate of drug-likeness (QED) is 0.367. The average Bonchev–Trinajstić information content (AvgIpc) is 3.25. The van der Waals surface area contributed by atoms with E-state index in [1.165, 1.54) is 11.7 Å². The number of hydrogen-bond acceptors (Lipinski definition) is 8. The highest BCUT2D eigenvalue weighted by Crippen LogP contribution is 2.26. The first-order valence-electron chi connectivity index (χ1n) is 12.4. The van der Waals surface area contributed by atoms with Gasteiger partial charge < -0.3 is 14.2 Å². The molecule has 1 aromatic carbocycles. The summed E-state index contributed by atoms with van der Waals surface area (Å²) in [6.07, 6.45) is 4.30. The molecule has 1 N–H and O–H groups in total. The van der Waals surface area contributed by atoms with Crippen molar-refractivity contribution in [2.24, 2.45) is 10.8 Å². The second-order valence-electron chi connectivity index (χ2n) is 11.0. The summed E-state index contributed by atoms with van der Waals surface area (Å²) in [6.45, 7) is 9.48. The Bertz CT molecular complexity index is 1660. The van der Waals surface area contributed by atoms with E-state index >= 15 is 0 Å². The van der Waals surface area contributed by atoms with E-state index in [4.69, 9.17) is 20.6 Å². The molecule has 0 saturated carbocycles. The number of benzene rings is 1. The predicted molar refractivity (Wildman–Crippen MR) is 147 cm³/mol. The zero-order valence-corrected chi connectivity index (χ0v) is 23.6. The fraction of sp³-hybridized carbons (Fsp3) is 0.414. The Hall–Kier alpha value is -4.77. The number of fused-ring (bicyclic) bond motifs is 1. The molecule has 0 aliphatic heterocycles. The van der Waals surface area contributed by atoms with Crippen molar-refractivity contribution in [3.63, 3.8) is 0 Å². The van der Waals surface area contributed by atoms with E-state index in [1.807, 2.05) is 0 Å². The normalized spacial score (nSPS) is 12.2. The molecule has 1 atom stereocenters. The minimum atomic E-state index is -1.18. The molecule has 3 rings (SSSR count). The Kier molecular flexibility index (Phi) is 8.59. The van der Waals surface area contributed by atoms with Gasteiger partial charge in [-0.3, -0.25) is 23.9 Å². The van der Waals surface area contributed by atoms with Crippen molar-refractivity contribution in [3.05, 3.63) is 56.5 Å². The molecule has 0 radical (unpaired) electrons. The van der Waals surface area contributed by atoms with E-state index in [-0.39, 0.29) is 23.4 Å². The minimum Gasteiger partial charge on any atom is -0.497 e.